The van der Waals surface area contributed by atoms with Crippen molar-refractivity contribution in [2.45, 2.75) is 13.3 Å². The smallest absolute Gasteiger partial charge is 0.219 e. The normalized spacial score (nSPS) is 10.8. The van der Waals surface area contributed by atoms with Crippen LogP contribution in [0, 0.1) is 0 Å². The molecule has 0 aliphatic carbocycles. The second-order valence-electron chi connectivity index (χ2n) is 3.40. The molecule has 1 aromatic carbocycles. The van der Waals surface area contributed by atoms with E-state index in [1.807, 2.05) is 6.92 Å². The minimum Gasteiger partial charge on any atom is -0.354 e. The van der Waals surface area contributed by atoms with Crippen LogP contribution in [0.4, 0.5) is 0 Å². The van der Waals surface area contributed by atoms with E-state index in [0.29, 0.717) is 29.6 Å². The maximum Gasteiger partial charge on any atom is 0.219 e. The average molecular weight is 273 g/mol. The van der Waals surface area contributed by atoms with Gasteiger partial charge in [-0.15, -0.1) is 0 Å². The molecule has 17 heavy (non-hydrogen) atoms. The summed E-state index contributed by atoms with van der Waals surface area (Å²) in [6.07, 6.45) is 2.17. The predicted octanol–water partition coefficient (Wildman–Crippen LogP) is 2.94. The van der Waals surface area contributed by atoms with Crippen LogP contribution in [0.1, 0.15) is 18.9 Å². The molecular formula is C12H14Cl2N2O. The van der Waals surface area contributed by atoms with E-state index in [-0.39, 0.29) is 5.91 Å². The highest BCUT2D eigenvalue weighted by Crippen LogP contribution is 2.19. The number of rotatable bonds is 5. The zero-order chi connectivity index (χ0) is 12.7. The monoisotopic (exact) mass is 272 g/mol. The van der Waals surface area contributed by atoms with Crippen LogP contribution in [0.25, 0.3) is 0 Å². The topological polar surface area (TPSA) is 41.5 Å². The van der Waals surface area contributed by atoms with Gasteiger partial charge in [-0.05, 0) is 12.1 Å². The number of hydrogen-bond donors (Lipinski definition) is 1. The second-order valence-corrected chi connectivity index (χ2v) is 4.25. The summed E-state index contributed by atoms with van der Waals surface area (Å²) in [4.78, 5) is 15.1. The van der Waals surface area contributed by atoms with Crippen molar-refractivity contribution < 1.29 is 4.79 Å². The van der Waals surface area contributed by atoms with Crippen molar-refractivity contribution in [1.29, 1.82) is 0 Å². The molecule has 0 bridgehead atoms. The molecule has 1 aromatic rings. The first-order chi connectivity index (χ1) is 8.13. The largest absolute Gasteiger partial charge is 0.354 e. The van der Waals surface area contributed by atoms with Gasteiger partial charge >= 0.3 is 0 Å². The number of carbonyl (C=O) groups excluding carboxylic acids is 1. The predicted molar refractivity (Wildman–Crippen MR) is 72.2 cm³/mol. The van der Waals surface area contributed by atoms with E-state index in [4.69, 9.17) is 23.2 Å². The molecule has 0 spiro atoms. The minimum atomic E-state index is 0.0322. The number of halogens is 2. The number of nitrogens with one attached hydrogen (secondary N) is 1. The third kappa shape index (κ3) is 5.20. The van der Waals surface area contributed by atoms with E-state index in [9.17, 15) is 4.79 Å². The summed E-state index contributed by atoms with van der Waals surface area (Å²) < 4.78 is 0. The summed E-state index contributed by atoms with van der Waals surface area (Å²) in [5, 5.41) is 3.90. The van der Waals surface area contributed by atoms with Gasteiger partial charge in [0, 0.05) is 29.8 Å². The van der Waals surface area contributed by atoms with Gasteiger partial charge in [-0.1, -0.05) is 36.2 Å². The van der Waals surface area contributed by atoms with E-state index in [1.54, 1.807) is 24.4 Å². The standard InChI is InChI=1S/C12H14Cl2N2O/c1-2-12(17)16-6-5-15-8-9-3-4-10(13)7-11(9)14/h3-4,7-8H,2,5-6H2,1H3,(H,16,17). The molecule has 0 aliphatic heterocycles. The Labute approximate surface area is 111 Å². The molecule has 5 heteroatoms. The minimum absolute atomic E-state index is 0.0322. The lowest BCUT2D eigenvalue weighted by molar-refractivity contribution is -0.120. The first-order valence-corrected chi connectivity index (χ1v) is 6.10. The van der Waals surface area contributed by atoms with Gasteiger partial charge in [-0.25, -0.2) is 0 Å². The Hall–Kier alpha value is -1.06. The first-order valence-electron chi connectivity index (χ1n) is 5.35. The quantitative estimate of drug-likeness (QED) is 0.650. The van der Waals surface area contributed by atoms with Crippen LogP contribution in [0.15, 0.2) is 23.2 Å². The average Bonchev–Trinajstić information content (AvgIpc) is 2.30. The SMILES string of the molecule is CCC(=O)NCCN=Cc1ccc(Cl)cc1Cl. The van der Waals surface area contributed by atoms with E-state index >= 15 is 0 Å². The van der Waals surface area contributed by atoms with Crippen molar-refractivity contribution in [3.8, 4) is 0 Å². The molecule has 0 fully saturated rings. The van der Waals surface area contributed by atoms with Crippen molar-refractivity contribution in [1.82, 2.24) is 5.32 Å². The zero-order valence-electron chi connectivity index (χ0n) is 9.54. The molecule has 1 rings (SSSR count). The summed E-state index contributed by atoms with van der Waals surface area (Å²) in [5.41, 5.74) is 0.817. The maximum absolute atomic E-state index is 10.9. The lowest BCUT2D eigenvalue weighted by Gasteiger charge is -2.00. The van der Waals surface area contributed by atoms with E-state index < -0.39 is 0 Å². The number of carbonyl (C=O) groups is 1. The van der Waals surface area contributed by atoms with Crippen LogP contribution >= 0.6 is 23.2 Å². The van der Waals surface area contributed by atoms with E-state index in [1.165, 1.54) is 0 Å². The summed E-state index contributed by atoms with van der Waals surface area (Å²) in [5.74, 6) is 0.0322. The van der Waals surface area contributed by atoms with Gasteiger partial charge in [0.15, 0.2) is 0 Å². The molecule has 0 aromatic heterocycles. The van der Waals surface area contributed by atoms with Crippen molar-refractivity contribution in [2.75, 3.05) is 13.1 Å². The van der Waals surface area contributed by atoms with Crippen molar-refractivity contribution in [3.05, 3.63) is 33.8 Å². The number of hydrogen-bond acceptors (Lipinski definition) is 2. The molecule has 0 atom stereocenters. The van der Waals surface area contributed by atoms with Crippen LogP contribution in [0.2, 0.25) is 10.0 Å². The molecule has 0 aliphatic rings. The number of amides is 1. The van der Waals surface area contributed by atoms with Gasteiger partial charge in [0.2, 0.25) is 5.91 Å². The Morgan fingerprint density at radius 1 is 1.47 bits per heavy atom. The molecule has 0 radical (unpaired) electrons. The summed E-state index contributed by atoms with van der Waals surface area (Å²) >= 11 is 11.7. The molecular weight excluding hydrogens is 259 g/mol. The molecule has 92 valence electrons. The Kier molecular flexibility index (Phi) is 6.01. The maximum atomic E-state index is 10.9. The summed E-state index contributed by atoms with van der Waals surface area (Å²) in [6.45, 7) is 2.88. The Balaban J connectivity index is 2.40. The lowest BCUT2D eigenvalue weighted by Crippen LogP contribution is -2.24. The third-order valence-corrected chi connectivity index (χ3v) is 2.64. The number of aliphatic imine (C=N–C) groups is 1. The molecule has 1 N–H and O–H groups in total. The fraction of sp³-hybridized carbons (Fsp3) is 0.333. The number of benzene rings is 1. The summed E-state index contributed by atoms with van der Waals surface area (Å²) in [7, 11) is 0. The Bertz CT molecular complexity index is 419. The fourth-order valence-corrected chi connectivity index (χ4v) is 1.61. The second kappa shape index (κ2) is 7.30. The van der Waals surface area contributed by atoms with Gasteiger partial charge in [-0.2, -0.15) is 0 Å². The fourth-order valence-electron chi connectivity index (χ4n) is 1.15. The number of nitrogens with zero attached hydrogens (tertiary/aromatic N) is 1. The van der Waals surface area contributed by atoms with Gasteiger partial charge in [0.05, 0.1) is 11.6 Å². The van der Waals surface area contributed by atoms with Gasteiger partial charge in [0.25, 0.3) is 0 Å². The van der Waals surface area contributed by atoms with Crippen molar-refractivity contribution >= 4 is 35.3 Å². The molecule has 3 nitrogen and oxygen atoms in total. The van der Waals surface area contributed by atoms with E-state index in [2.05, 4.69) is 10.3 Å². The van der Waals surface area contributed by atoms with Crippen molar-refractivity contribution in [2.24, 2.45) is 4.99 Å². The third-order valence-electron chi connectivity index (χ3n) is 2.08. The highest BCUT2D eigenvalue weighted by molar-refractivity contribution is 6.36. The van der Waals surface area contributed by atoms with Crippen molar-refractivity contribution in [3.63, 3.8) is 0 Å². The highest BCUT2D eigenvalue weighted by atomic mass is 35.5. The van der Waals surface area contributed by atoms with Crippen LogP contribution in [0.3, 0.4) is 0 Å². The first kappa shape index (κ1) is 14.0. The molecule has 0 saturated carbocycles. The Morgan fingerprint density at radius 2 is 2.24 bits per heavy atom. The van der Waals surface area contributed by atoms with Crippen LogP contribution in [0.5, 0.6) is 0 Å². The molecule has 0 heterocycles. The van der Waals surface area contributed by atoms with Gasteiger partial charge in [-0.3, -0.25) is 9.79 Å². The summed E-state index contributed by atoms with van der Waals surface area (Å²) in [6, 6.07) is 5.23. The lowest BCUT2D eigenvalue weighted by atomic mass is 10.2. The Morgan fingerprint density at radius 3 is 2.88 bits per heavy atom. The van der Waals surface area contributed by atoms with Gasteiger partial charge < -0.3 is 5.32 Å². The van der Waals surface area contributed by atoms with Gasteiger partial charge in [0.1, 0.15) is 0 Å². The zero-order valence-corrected chi connectivity index (χ0v) is 11.1. The molecule has 1 amide bonds. The molecule has 0 saturated heterocycles. The van der Waals surface area contributed by atoms with Crippen LogP contribution in [-0.2, 0) is 4.79 Å². The highest BCUT2D eigenvalue weighted by Gasteiger charge is 1.98. The van der Waals surface area contributed by atoms with Crippen LogP contribution in [-0.4, -0.2) is 25.2 Å². The van der Waals surface area contributed by atoms with E-state index in [0.717, 1.165) is 5.56 Å². The van der Waals surface area contributed by atoms with Crippen LogP contribution < -0.4 is 5.32 Å². The molecule has 0 unspecified atom stereocenters.